The zero-order chi connectivity index (χ0) is 17.6. The zero-order valence-corrected chi connectivity index (χ0v) is 14.3. The largest absolute Gasteiger partial charge is 0.481 e. The van der Waals surface area contributed by atoms with Crippen LogP contribution in [0.4, 0.5) is 0 Å². The first kappa shape index (κ1) is 17.0. The second-order valence-electron chi connectivity index (χ2n) is 6.18. The van der Waals surface area contributed by atoms with Crippen LogP contribution in [0.2, 0.25) is 0 Å². The van der Waals surface area contributed by atoms with Crippen LogP contribution < -0.4 is 0 Å². The number of hydrogen-bond acceptors (Lipinski definition) is 1. The summed E-state index contributed by atoms with van der Waals surface area (Å²) >= 11 is 0. The molecule has 0 saturated heterocycles. The third-order valence-corrected chi connectivity index (χ3v) is 4.65. The normalized spacial score (nSPS) is 12.1. The zero-order valence-electron chi connectivity index (χ0n) is 14.3. The molecule has 25 heavy (non-hydrogen) atoms. The van der Waals surface area contributed by atoms with Gasteiger partial charge in [-0.25, -0.2) is 0 Å². The van der Waals surface area contributed by atoms with E-state index >= 15 is 0 Å². The average Bonchev–Trinajstić information content (AvgIpc) is 2.65. The maximum Gasteiger partial charge on any atom is 0.310 e. The minimum Gasteiger partial charge on any atom is -0.481 e. The SMILES string of the molecule is CCC(C(=O)O)c1ccccc1C(c1ccccc1)c1ccccc1. The topological polar surface area (TPSA) is 37.3 Å². The van der Waals surface area contributed by atoms with Crippen LogP contribution in [-0.2, 0) is 4.79 Å². The average molecular weight is 330 g/mol. The molecule has 1 atom stereocenters. The minimum absolute atomic E-state index is 0.0204. The summed E-state index contributed by atoms with van der Waals surface area (Å²) in [7, 11) is 0. The van der Waals surface area contributed by atoms with Gasteiger partial charge in [-0.1, -0.05) is 91.9 Å². The smallest absolute Gasteiger partial charge is 0.310 e. The molecule has 0 aliphatic carbocycles. The third kappa shape index (κ3) is 3.63. The van der Waals surface area contributed by atoms with Crippen LogP contribution in [0.1, 0.15) is 47.4 Å². The van der Waals surface area contributed by atoms with Crippen LogP contribution in [0.3, 0.4) is 0 Å². The van der Waals surface area contributed by atoms with Crippen molar-refractivity contribution in [2.24, 2.45) is 0 Å². The maximum absolute atomic E-state index is 11.8. The lowest BCUT2D eigenvalue weighted by Gasteiger charge is -2.24. The molecule has 0 fully saturated rings. The number of benzene rings is 3. The number of aliphatic carboxylic acids is 1. The summed E-state index contributed by atoms with van der Waals surface area (Å²) in [6.45, 7) is 1.93. The van der Waals surface area contributed by atoms with E-state index in [4.69, 9.17) is 0 Å². The predicted molar refractivity (Wildman–Crippen MR) is 101 cm³/mol. The van der Waals surface area contributed by atoms with Crippen molar-refractivity contribution in [2.45, 2.75) is 25.2 Å². The lowest BCUT2D eigenvalue weighted by molar-refractivity contribution is -0.138. The molecule has 0 aromatic heterocycles. The summed E-state index contributed by atoms with van der Waals surface area (Å²) < 4.78 is 0. The Balaban J connectivity index is 2.20. The molecule has 0 bridgehead atoms. The van der Waals surface area contributed by atoms with Gasteiger partial charge >= 0.3 is 5.97 Å². The van der Waals surface area contributed by atoms with Crippen LogP contribution in [0.25, 0.3) is 0 Å². The van der Waals surface area contributed by atoms with E-state index in [9.17, 15) is 9.90 Å². The number of carboxylic acids is 1. The highest BCUT2D eigenvalue weighted by Crippen LogP contribution is 2.37. The molecule has 1 N–H and O–H groups in total. The molecule has 0 aliphatic heterocycles. The summed E-state index contributed by atoms with van der Waals surface area (Å²) in [5, 5.41) is 9.67. The predicted octanol–water partition coefficient (Wildman–Crippen LogP) is 5.45. The van der Waals surface area contributed by atoms with E-state index in [2.05, 4.69) is 30.3 Å². The monoisotopic (exact) mass is 330 g/mol. The summed E-state index contributed by atoms with van der Waals surface area (Å²) in [6.07, 6.45) is 0.572. The first-order chi connectivity index (χ1) is 12.2. The van der Waals surface area contributed by atoms with Crippen LogP contribution in [0, 0.1) is 0 Å². The highest BCUT2D eigenvalue weighted by molar-refractivity contribution is 5.77. The van der Waals surface area contributed by atoms with Crippen LogP contribution in [0.5, 0.6) is 0 Å². The Morgan fingerprint density at radius 1 is 0.760 bits per heavy atom. The van der Waals surface area contributed by atoms with Crippen LogP contribution >= 0.6 is 0 Å². The maximum atomic E-state index is 11.8. The standard InChI is InChI=1S/C23H22O2/c1-2-19(23(24)25)20-15-9-10-16-21(20)22(17-11-5-3-6-12-17)18-13-7-4-8-14-18/h3-16,19,22H,2H2,1H3,(H,24,25). The molecule has 2 nitrogen and oxygen atoms in total. The Kier molecular flexibility index (Phi) is 5.30. The van der Waals surface area contributed by atoms with Gasteiger partial charge in [-0.2, -0.15) is 0 Å². The number of carboxylic acid groups (broad SMARTS) is 1. The van der Waals surface area contributed by atoms with Crippen molar-refractivity contribution in [1.82, 2.24) is 0 Å². The fraction of sp³-hybridized carbons (Fsp3) is 0.174. The highest BCUT2D eigenvalue weighted by atomic mass is 16.4. The summed E-state index contributed by atoms with van der Waals surface area (Å²) in [4.78, 5) is 11.8. The van der Waals surface area contributed by atoms with Gasteiger partial charge in [0.05, 0.1) is 5.92 Å². The van der Waals surface area contributed by atoms with E-state index in [0.717, 1.165) is 11.1 Å². The second kappa shape index (κ2) is 7.80. The molecule has 0 spiro atoms. The quantitative estimate of drug-likeness (QED) is 0.611. The molecule has 0 radical (unpaired) electrons. The van der Waals surface area contributed by atoms with E-state index in [-0.39, 0.29) is 5.92 Å². The van der Waals surface area contributed by atoms with Crippen LogP contribution in [0.15, 0.2) is 84.9 Å². The molecule has 3 aromatic rings. The van der Waals surface area contributed by atoms with Gasteiger partial charge in [0.2, 0.25) is 0 Å². The van der Waals surface area contributed by atoms with Crippen LogP contribution in [-0.4, -0.2) is 11.1 Å². The lowest BCUT2D eigenvalue weighted by atomic mass is 9.79. The Labute approximate surface area is 148 Å². The second-order valence-corrected chi connectivity index (χ2v) is 6.18. The summed E-state index contributed by atoms with van der Waals surface area (Å²) in [5.41, 5.74) is 4.30. The van der Waals surface area contributed by atoms with Crippen molar-refractivity contribution in [3.05, 3.63) is 107 Å². The molecule has 1 unspecified atom stereocenters. The summed E-state index contributed by atoms with van der Waals surface area (Å²) in [6, 6.07) is 28.5. The Morgan fingerprint density at radius 2 is 1.20 bits per heavy atom. The van der Waals surface area contributed by atoms with Gasteiger partial charge < -0.3 is 5.11 Å². The molecule has 3 rings (SSSR count). The lowest BCUT2D eigenvalue weighted by Crippen LogP contribution is -2.15. The van der Waals surface area contributed by atoms with Gasteiger partial charge in [0.1, 0.15) is 0 Å². The van der Waals surface area contributed by atoms with Crippen molar-refractivity contribution in [2.75, 3.05) is 0 Å². The van der Waals surface area contributed by atoms with Gasteiger partial charge in [0.25, 0.3) is 0 Å². The molecular weight excluding hydrogens is 308 g/mol. The highest BCUT2D eigenvalue weighted by Gasteiger charge is 2.25. The molecule has 0 saturated carbocycles. The Hall–Kier alpha value is -2.87. The van der Waals surface area contributed by atoms with E-state index in [1.165, 1.54) is 11.1 Å². The molecule has 0 amide bonds. The van der Waals surface area contributed by atoms with Gasteiger partial charge in [0, 0.05) is 5.92 Å². The fourth-order valence-electron chi connectivity index (χ4n) is 3.46. The minimum atomic E-state index is -0.769. The van der Waals surface area contributed by atoms with E-state index in [0.29, 0.717) is 6.42 Å². The van der Waals surface area contributed by atoms with E-state index in [1.54, 1.807) is 0 Å². The van der Waals surface area contributed by atoms with Gasteiger partial charge in [-0.3, -0.25) is 4.79 Å². The van der Waals surface area contributed by atoms with Crippen molar-refractivity contribution < 1.29 is 9.90 Å². The van der Waals surface area contributed by atoms with Crippen molar-refractivity contribution in [1.29, 1.82) is 0 Å². The molecule has 0 heterocycles. The van der Waals surface area contributed by atoms with E-state index in [1.807, 2.05) is 61.5 Å². The fourth-order valence-corrected chi connectivity index (χ4v) is 3.46. The molecule has 2 heteroatoms. The van der Waals surface area contributed by atoms with Gasteiger partial charge in [-0.05, 0) is 28.7 Å². The van der Waals surface area contributed by atoms with Crippen molar-refractivity contribution in [3.63, 3.8) is 0 Å². The molecule has 3 aromatic carbocycles. The van der Waals surface area contributed by atoms with E-state index < -0.39 is 11.9 Å². The first-order valence-corrected chi connectivity index (χ1v) is 8.64. The molecule has 126 valence electrons. The number of rotatable bonds is 6. The van der Waals surface area contributed by atoms with Crippen molar-refractivity contribution >= 4 is 5.97 Å². The van der Waals surface area contributed by atoms with Crippen molar-refractivity contribution in [3.8, 4) is 0 Å². The third-order valence-electron chi connectivity index (χ3n) is 4.65. The number of hydrogen-bond donors (Lipinski definition) is 1. The molecule has 0 aliphatic rings. The Bertz CT molecular complexity index is 785. The first-order valence-electron chi connectivity index (χ1n) is 8.64. The van der Waals surface area contributed by atoms with Gasteiger partial charge in [0.15, 0.2) is 0 Å². The number of carbonyl (C=O) groups is 1. The summed E-state index contributed by atoms with van der Waals surface area (Å²) in [5.74, 6) is -1.24. The Morgan fingerprint density at radius 3 is 1.64 bits per heavy atom. The molecular formula is C23H22O2. The van der Waals surface area contributed by atoms with Gasteiger partial charge in [-0.15, -0.1) is 0 Å².